The molecule has 0 fully saturated rings. The molecule has 1 N–H and O–H groups in total. The lowest BCUT2D eigenvalue weighted by molar-refractivity contribution is 0.579. The minimum atomic E-state index is -0.412. The molecule has 0 spiro atoms. The Bertz CT molecular complexity index is 373. The molecule has 1 rings (SSSR count). The third-order valence-electron chi connectivity index (χ3n) is 2.13. The second-order valence-electron chi connectivity index (χ2n) is 3.26. The van der Waals surface area contributed by atoms with Crippen LogP contribution in [0.4, 0.5) is 4.39 Å². The Morgan fingerprint density at radius 2 is 2.33 bits per heavy atom. The maximum Gasteiger partial charge on any atom is 0.141 e. The van der Waals surface area contributed by atoms with Crippen molar-refractivity contribution in [1.82, 2.24) is 5.32 Å². The number of nitrogens with one attached hydrogen (secondary N) is 1. The maximum atomic E-state index is 12.9. The molecule has 0 radical (unpaired) electrons. The van der Waals surface area contributed by atoms with Crippen LogP contribution in [-0.4, -0.2) is 6.54 Å². The highest BCUT2D eigenvalue weighted by Crippen LogP contribution is 2.20. The fraction of sp³-hybridized carbons (Fsp3) is 0.364. The zero-order chi connectivity index (χ0) is 11.3. The fourth-order valence-corrected chi connectivity index (χ4v) is 1.43. The molecule has 1 unspecified atom stereocenters. The Morgan fingerprint density at radius 1 is 1.60 bits per heavy atom. The molecule has 1 aromatic rings. The molecule has 0 saturated heterocycles. The standard InChI is InChI=1S/C11H12ClFN2/c1-8(15-6-2-5-14)9-3-4-11(13)10(12)7-9/h3-4,7-8,15H,2,6H2,1H3. The summed E-state index contributed by atoms with van der Waals surface area (Å²) in [5, 5.41) is 11.6. The van der Waals surface area contributed by atoms with Crippen molar-refractivity contribution in [2.24, 2.45) is 0 Å². The second-order valence-corrected chi connectivity index (χ2v) is 3.66. The van der Waals surface area contributed by atoms with Crippen LogP contribution in [0.5, 0.6) is 0 Å². The molecule has 0 saturated carbocycles. The van der Waals surface area contributed by atoms with Gasteiger partial charge < -0.3 is 5.32 Å². The summed E-state index contributed by atoms with van der Waals surface area (Å²) in [5.74, 6) is -0.412. The molecule has 0 bridgehead atoms. The summed E-state index contributed by atoms with van der Waals surface area (Å²) in [6.07, 6.45) is 0.458. The Kier molecular flexibility index (Phi) is 4.54. The summed E-state index contributed by atoms with van der Waals surface area (Å²) in [5.41, 5.74) is 0.916. The van der Waals surface area contributed by atoms with Gasteiger partial charge >= 0.3 is 0 Å². The molecule has 0 aliphatic rings. The normalized spacial score (nSPS) is 12.1. The molecule has 0 aliphatic heterocycles. The first-order valence-corrected chi connectivity index (χ1v) is 5.08. The molecule has 15 heavy (non-hydrogen) atoms. The highest BCUT2D eigenvalue weighted by atomic mass is 35.5. The fourth-order valence-electron chi connectivity index (χ4n) is 1.24. The third kappa shape index (κ3) is 3.50. The van der Waals surface area contributed by atoms with Crippen LogP contribution in [0.1, 0.15) is 24.9 Å². The molecule has 1 aromatic carbocycles. The quantitative estimate of drug-likeness (QED) is 0.801. The van der Waals surface area contributed by atoms with Gasteiger partial charge in [-0.25, -0.2) is 4.39 Å². The number of benzene rings is 1. The van der Waals surface area contributed by atoms with E-state index >= 15 is 0 Å². The van der Waals surface area contributed by atoms with Crippen molar-refractivity contribution < 1.29 is 4.39 Å². The second kappa shape index (κ2) is 5.69. The summed E-state index contributed by atoms with van der Waals surface area (Å²) in [7, 11) is 0. The maximum absolute atomic E-state index is 12.9. The van der Waals surface area contributed by atoms with Crippen LogP contribution in [0.15, 0.2) is 18.2 Å². The molecular weight excluding hydrogens is 215 g/mol. The predicted octanol–water partition coefficient (Wildman–Crippen LogP) is 3.04. The molecule has 0 aromatic heterocycles. The number of rotatable bonds is 4. The van der Waals surface area contributed by atoms with Gasteiger partial charge in [0.25, 0.3) is 0 Å². The SMILES string of the molecule is CC(NCCC#N)c1ccc(F)c(Cl)c1. The van der Waals surface area contributed by atoms with E-state index in [9.17, 15) is 4.39 Å². The summed E-state index contributed by atoms with van der Waals surface area (Å²) >= 11 is 5.66. The van der Waals surface area contributed by atoms with Gasteiger partial charge in [0.15, 0.2) is 0 Å². The highest BCUT2D eigenvalue weighted by Gasteiger charge is 2.07. The van der Waals surface area contributed by atoms with Crippen LogP contribution in [0.2, 0.25) is 5.02 Å². The van der Waals surface area contributed by atoms with E-state index in [-0.39, 0.29) is 11.1 Å². The molecule has 0 aliphatic carbocycles. The zero-order valence-electron chi connectivity index (χ0n) is 8.43. The van der Waals surface area contributed by atoms with E-state index in [0.29, 0.717) is 13.0 Å². The monoisotopic (exact) mass is 226 g/mol. The van der Waals surface area contributed by atoms with Crippen molar-refractivity contribution in [3.63, 3.8) is 0 Å². The minimum absolute atomic E-state index is 0.0662. The van der Waals surface area contributed by atoms with Crippen molar-refractivity contribution >= 4 is 11.6 Å². The highest BCUT2D eigenvalue weighted by molar-refractivity contribution is 6.30. The first kappa shape index (κ1) is 12.0. The average molecular weight is 227 g/mol. The first-order chi connectivity index (χ1) is 7.15. The van der Waals surface area contributed by atoms with E-state index in [1.54, 1.807) is 12.1 Å². The van der Waals surface area contributed by atoms with Crippen molar-refractivity contribution in [1.29, 1.82) is 5.26 Å². The van der Waals surface area contributed by atoms with Crippen molar-refractivity contribution in [2.75, 3.05) is 6.54 Å². The summed E-state index contributed by atoms with van der Waals surface area (Å²) in [4.78, 5) is 0. The number of hydrogen-bond acceptors (Lipinski definition) is 2. The van der Waals surface area contributed by atoms with Gasteiger partial charge in [0.05, 0.1) is 11.1 Å². The molecule has 0 amide bonds. The molecular formula is C11H12ClFN2. The topological polar surface area (TPSA) is 35.8 Å². The zero-order valence-corrected chi connectivity index (χ0v) is 9.18. The van der Waals surface area contributed by atoms with Gasteiger partial charge in [0.1, 0.15) is 5.82 Å². The third-order valence-corrected chi connectivity index (χ3v) is 2.42. The van der Waals surface area contributed by atoms with Crippen LogP contribution in [0.3, 0.4) is 0 Å². The average Bonchev–Trinajstić information content (AvgIpc) is 2.22. The molecule has 2 nitrogen and oxygen atoms in total. The van der Waals surface area contributed by atoms with E-state index in [2.05, 4.69) is 5.32 Å². The number of halogens is 2. The van der Waals surface area contributed by atoms with Gasteiger partial charge in [-0.3, -0.25) is 0 Å². The largest absolute Gasteiger partial charge is 0.309 e. The lowest BCUT2D eigenvalue weighted by atomic mass is 10.1. The van der Waals surface area contributed by atoms with Crippen LogP contribution >= 0.6 is 11.6 Å². The van der Waals surface area contributed by atoms with Crippen LogP contribution in [0, 0.1) is 17.1 Å². The number of nitrogens with zero attached hydrogens (tertiary/aromatic N) is 1. The van der Waals surface area contributed by atoms with Crippen LogP contribution in [0.25, 0.3) is 0 Å². The van der Waals surface area contributed by atoms with Gasteiger partial charge in [-0.1, -0.05) is 17.7 Å². The Hall–Kier alpha value is -1.11. The summed E-state index contributed by atoms with van der Waals surface area (Å²) in [6.45, 7) is 2.56. The van der Waals surface area contributed by atoms with E-state index < -0.39 is 5.82 Å². The Morgan fingerprint density at radius 3 is 2.93 bits per heavy atom. The van der Waals surface area contributed by atoms with Gasteiger partial charge in [-0.15, -0.1) is 0 Å². The molecule has 4 heteroatoms. The lowest BCUT2D eigenvalue weighted by Gasteiger charge is -2.13. The van der Waals surface area contributed by atoms with E-state index in [0.717, 1.165) is 5.56 Å². The smallest absolute Gasteiger partial charge is 0.141 e. The summed E-state index contributed by atoms with van der Waals surface area (Å²) < 4.78 is 12.9. The van der Waals surface area contributed by atoms with E-state index in [1.807, 2.05) is 13.0 Å². The van der Waals surface area contributed by atoms with Crippen molar-refractivity contribution in [2.45, 2.75) is 19.4 Å². The van der Waals surface area contributed by atoms with Crippen LogP contribution < -0.4 is 5.32 Å². The lowest BCUT2D eigenvalue weighted by Crippen LogP contribution is -2.19. The van der Waals surface area contributed by atoms with Gasteiger partial charge in [-0.2, -0.15) is 5.26 Å². The Labute approximate surface area is 93.7 Å². The minimum Gasteiger partial charge on any atom is -0.309 e. The predicted molar refractivity (Wildman–Crippen MR) is 58.1 cm³/mol. The number of nitriles is 1. The van der Waals surface area contributed by atoms with Crippen LogP contribution in [-0.2, 0) is 0 Å². The van der Waals surface area contributed by atoms with Crippen molar-refractivity contribution in [3.8, 4) is 6.07 Å². The van der Waals surface area contributed by atoms with Gasteiger partial charge in [0.2, 0.25) is 0 Å². The number of hydrogen-bond donors (Lipinski definition) is 1. The first-order valence-electron chi connectivity index (χ1n) is 4.70. The summed E-state index contributed by atoms with van der Waals surface area (Å²) in [6, 6.07) is 6.74. The molecule has 0 heterocycles. The van der Waals surface area contributed by atoms with E-state index in [4.69, 9.17) is 16.9 Å². The molecule has 1 atom stereocenters. The Balaban J connectivity index is 2.62. The van der Waals surface area contributed by atoms with Gasteiger partial charge in [0, 0.05) is 19.0 Å². The van der Waals surface area contributed by atoms with Gasteiger partial charge in [-0.05, 0) is 24.6 Å². The molecule has 80 valence electrons. The van der Waals surface area contributed by atoms with E-state index in [1.165, 1.54) is 6.07 Å². The van der Waals surface area contributed by atoms with Crippen molar-refractivity contribution in [3.05, 3.63) is 34.6 Å².